The number of nitrogens with one attached hydrogen (secondary N) is 1. The number of pyridine rings is 2. The minimum absolute atomic E-state index is 0.788. The highest BCUT2D eigenvalue weighted by Gasteiger charge is 1.95. The molecular formula is C13H15N3. The van der Waals surface area contributed by atoms with E-state index in [9.17, 15) is 0 Å². The van der Waals surface area contributed by atoms with Crippen LogP contribution in [0.25, 0.3) is 0 Å². The average molecular weight is 213 g/mol. The van der Waals surface area contributed by atoms with Crippen LogP contribution in [0, 0.1) is 6.92 Å². The van der Waals surface area contributed by atoms with Crippen molar-refractivity contribution < 1.29 is 0 Å². The lowest BCUT2D eigenvalue weighted by molar-refractivity contribution is 0.676. The Balaban J connectivity index is 1.85. The van der Waals surface area contributed by atoms with E-state index in [2.05, 4.69) is 21.4 Å². The van der Waals surface area contributed by atoms with Gasteiger partial charge in [0, 0.05) is 31.2 Å². The Bertz CT molecular complexity index is 440. The molecule has 2 aromatic heterocycles. The maximum absolute atomic E-state index is 4.43. The first kappa shape index (κ1) is 10.8. The fraction of sp³-hybridized carbons (Fsp3) is 0.231. The summed E-state index contributed by atoms with van der Waals surface area (Å²) in [4.78, 5) is 8.50. The van der Waals surface area contributed by atoms with E-state index in [4.69, 9.17) is 0 Å². The highest BCUT2D eigenvalue weighted by Crippen LogP contribution is 1.99. The van der Waals surface area contributed by atoms with Crippen LogP contribution in [0.5, 0.6) is 0 Å². The minimum atomic E-state index is 0.788. The van der Waals surface area contributed by atoms with Crippen LogP contribution in [0.2, 0.25) is 0 Å². The van der Waals surface area contributed by atoms with Crippen LogP contribution in [-0.4, -0.2) is 9.97 Å². The topological polar surface area (TPSA) is 37.8 Å². The molecule has 0 amide bonds. The molecule has 0 bridgehead atoms. The third-order valence-corrected chi connectivity index (χ3v) is 2.30. The number of hydrogen-bond donors (Lipinski definition) is 1. The molecular weight excluding hydrogens is 198 g/mol. The van der Waals surface area contributed by atoms with Crippen molar-refractivity contribution in [3.8, 4) is 0 Å². The van der Waals surface area contributed by atoms with E-state index in [0.29, 0.717) is 0 Å². The van der Waals surface area contributed by atoms with E-state index in [1.165, 1.54) is 5.56 Å². The summed E-state index contributed by atoms with van der Waals surface area (Å²) in [5.74, 6) is 0. The largest absolute Gasteiger partial charge is 0.307 e. The highest BCUT2D eigenvalue weighted by molar-refractivity contribution is 5.11. The van der Waals surface area contributed by atoms with Gasteiger partial charge in [0.25, 0.3) is 0 Å². The number of aromatic nitrogens is 2. The van der Waals surface area contributed by atoms with Crippen LogP contribution in [0.1, 0.15) is 17.0 Å². The summed E-state index contributed by atoms with van der Waals surface area (Å²) in [6.45, 7) is 3.62. The van der Waals surface area contributed by atoms with E-state index in [1.807, 2.05) is 37.4 Å². The number of aryl methyl sites for hydroxylation is 1. The second-order valence-corrected chi connectivity index (χ2v) is 3.74. The Hall–Kier alpha value is -1.74. The molecule has 82 valence electrons. The summed E-state index contributed by atoms with van der Waals surface area (Å²) in [6.07, 6.45) is 3.66. The van der Waals surface area contributed by atoms with Gasteiger partial charge < -0.3 is 5.32 Å². The van der Waals surface area contributed by atoms with Gasteiger partial charge in [-0.15, -0.1) is 0 Å². The Labute approximate surface area is 95.6 Å². The number of hydrogen-bond acceptors (Lipinski definition) is 3. The SMILES string of the molecule is Cc1cccc(CNCc2cccnc2)n1. The van der Waals surface area contributed by atoms with Crippen molar-refractivity contribution in [3.05, 3.63) is 59.7 Å². The lowest BCUT2D eigenvalue weighted by Crippen LogP contribution is -2.13. The maximum Gasteiger partial charge on any atom is 0.0544 e. The predicted octanol–water partition coefficient (Wildman–Crippen LogP) is 2.07. The first-order chi connectivity index (χ1) is 7.84. The molecule has 0 unspecified atom stereocenters. The van der Waals surface area contributed by atoms with Crippen LogP contribution in [-0.2, 0) is 13.1 Å². The number of nitrogens with zero attached hydrogens (tertiary/aromatic N) is 2. The molecule has 2 rings (SSSR count). The van der Waals surface area contributed by atoms with Crippen LogP contribution in [0.15, 0.2) is 42.7 Å². The fourth-order valence-electron chi connectivity index (χ4n) is 1.54. The highest BCUT2D eigenvalue weighted by atomic mass is 14.9. The molecule has 0 radical (unpaired) electrons. The van der Waals surface area contributed by atoms with Gasteiger partial charge in [0.15, 0.2) is 0 Å². The molecule has 1 N–H and O–H groups in total. The molecule has 0 aliphatic rings. The van der Waals surface area contributed by atoms with Gasteiger partial charge in [0.1, 0.15) is 0 Å². The molecule has 0 aliphatic heterocycles. The first-order valence-corrected chi connectivity index (χ1v) is 5.37. The molecule has 0 aliphatic carbocycles. The van der Waals surface area contributed by atoms with Crippen LogP contribution < -0.4 is 5.32 Å². The molecule has 0 saturated carbocycles. The molecule has 0 fully saturated rings. The van der Waals surface area contributed by atoms with E-state index in [-0.39, 0.29) is 0 Å². The van der Waals surface area contributed by atoms with Crippen molar-refractivity contribution in [1.29, 1.82) is 0 Å². The van der Waals surface area contributed by atoms with Crippen molar-refractivity contribution in [2.24, 2.45) is 0 Å². The van der Waals surface area contributed by atoms with Crippen LogP contribution in [0.4, 0.5) is 0 Å². The second-order valence-electron chi connectivity index (χ2n) is 3.74. The summed E-state index contributed by atoms with van der Waals surface area (Å²) in [5.41, 5.74) is 3.32. The summed E-state index contributed by atoms with van der Waals surface area (Å²) in [7, 11) is 0. The Morgan fingerprint density at radius 2 is 2.06 bits per heavy atom. The quantitative estimate of drug-likeness (QED) is 0.845. The van der Waals surface area contributed by atoms with Gasteiger partial charge >= 0.3 is 0 Å². The Kier molecular flexibility index (Phi) is 3.62. The molecule has 3 nitrogen and oxygen atoms in total. The summed E-state index contributed by atoms with van der Waals surface area (Å²) >= 11 is 0. The van der Waals surface area contributed by atoms with E-state index in [0.717, 1.165) is 24.5 Å². The second kappa shape index (κ2) is 5.37. The minimum Gasteiger partial charge on any atom is -0.307 e. The Morgan fingerprint density at radius 1 is 1.12 bits per heavy atom. The van der Waals surface area contributed by atoms with Crippen molar-refractivity contribution in [2.75, 3.05) is 0 Å². The average Bonchev–Trinajstić information content (AvgIpc) is 2.30. The third-order valence-electron chi connectivity index (χ3n) is 2.30. The third kappa shape index (κ3) is 3.14. The van der Waals surface area contributed by atoms with Crippen molar-refractivity contribution in [2.45, 2.75) is 20.0 Å². The zero-order valence-electron chi connectivity index (χ0n) is 9.35. The van der Waals surface area contributed by atoms with Gasteiger partial charge in [-0.3, -0.25) is 9.97 Å². The van der Waals surface area contributed by atoms with Crippen LogP contribution >= 0.6 is 0 Å². The van der Waals surface area contributed by atoms with Gasteiger partial charge in [-0.1, -0.05) is 12.1 Å². The molecule has 0 aromatic carbocycles. The molecule has 3 heteroatoms. The zero-order valence-corrected chi connectivity index (χ0v) is 9.35. The predicted molar refractivity (Wildman–Crippen MR) is 63.8 cm³/mol. The van der Waals surface area contributed by atoms with Gasteiger partial charge in [-0.05, 0) is 30.7 Å². The number of rotatable bonds is 4. The molecule has 0 saturated heterocycles. The Morgan fingerprint density at radius 3 is 2.81 bits per heavy atom. The monoisotopic (exact) mass is 213 g/mol. The smallest absolute Gasteiger partial charge is 0.0544 e. The van der Waals surface area contributed by atoms with Crippen LogP contribution in [0.3, 0.4) is 0 Å². The molecule has 2 aromatic rings. The van der Waals surface area contributed by atoms with E-state index < -0.39 is 0 Å². The summed E-state index contributed by atoms with van der Waals surface area (Å²) < 4.78 is 0. The normalized spacial score (nSPS) is 10.3. The van der Waals surface area contributed by atoms with Gasteiger partial charge in [0.05, 0.1) is 5.69 Å². The standard InChI is InChI=1S/C13H15N3/c1-11-4-2-6-13(16-11)10-15-9-12-5-3-7-14-8-12/h2-8,15H,9-10H2,1H3. The van der Waals surface area contributed by atoms with E-state index in [1.54, 1.807) is 6.20 Å². The van der Waals surface area contributed by atoms with Gasteiger partial charge in [-0.25, -0.2) is 0 Å². The van der Waals surface area contributed by atoms with Crippen molar-refractivity contribution in [3.63, 3.8) is 0 Å². The lowest BCUT2D eigenvalue weighted by atomic mass is 10.2. The first-order valence-electron chi connectivity index (χ1n) is 5.37. The molecule has 0 spiro atoms. The van der Waals surface area contributed by atoms with Gasteiger partial charge in [0.2, 0.25) is 0 Å². The maximum atomic E-state index is 4.43. The van der Waals surface area contributed by atoms with E-state index >= 15 is 0 Å². The fourth-order valence-corrected chi connectivity index (χ4v) is 1.54. The van der Waals surface area contributed by atoms with Crippen molar-refractivity contribution >= 4 is 0 Å². The summed E-state index contributed by atoms with van der Waals surface area (Å²) in [5, 5.41) is 3.34. The molecule has 2 heterocycles. The van der Waals surface area contributed by atoms with Crippen molar-refractivity contribution in [1.82, 2.24) is 15.3 Å². The zero-order chi connectivity index (χ0) is 11.2. The van der Waals surface area contributed by atoms with Gasteiger partial charge in [-0.2, -0.15) is 0 Å². The molecule has 16 heavy (non-hydrogen) atoms. The lowest BCUT2D eigenvalue weighted by Gasteiger charge is -2.04. The molecule has 0 atom stereocenters. The summed E-state index contributed by atoms with van der Waals surface area (Å²) in [6, 6.07) is 10.1.